The highest BCUT2D eigenvalue weighted by Gasteiger charge is 2.46. The van der Waals surface area contributed by atoms with Crippen molar-refractivity contribution in [3.8, 4) is 56.0 Å². The summed E-state index contributed by atoms with van der Waals surface area (Å²) in [6, 6.07) is 53.9. The second kappa shape index (κ2) is 12.1. The molecule has 13 rings (SSSR count). The fourth-order valence-corrected chi connectivity index (χ4v) is 12.5. The molecule has 0 N–H and O–H groups in total. The number of hydrogen-bond acceptors (Lipinski definition) is 4. The van der Waals surface area contributed by atoms with E-state index in [0.717, 1.165) is 33.2 Å². The number of fused-ring (bicyclic) bond motifs is 14. The van der Waals surface area contributed by atoms with Gasteiger partial charge in [0.15, 0.2) is 5.82 Å². The third-order valence-corrected chi connectivity index (χ3v) is 15.3. The Kier molecular flexibility index (Phi) is 6.89. The molecule has 3 aliphatic rings. The maximum atomic E-state index is 6.40. The lowest BCUT2D eigenvalue weighted by Gasteiger charge is -2.36. The predicted octanol–water partition coefficient (Wildman–Crippen LogP) is 15.3. The summed E-state index contributed by atoms with van der Waals surface area (Å²) in [6.45, 7) is 4.81. The van der Waals surface area contributed by atoms with Gasteiger partial charge in [0, 0.05) is 47.5 Å². The standard InChI is InChI=1S/C55H40N2OS/c1-54(2)43-20-9-7-16-35(43)40-31-46-41(30-45(40)54)39-28-33(22-24-44(39)55(46)26-11-4-12-27-55)34-23-25-48-42(29-34)36-18-13-19-38(51(36)59-48)52-56-50(32-14-5-3-6-15-32)49-37-17-8-10-21-47(37)58-53(49)57-52/h3,5-10,13-25,28-31H,4,11-12,26-27H2,1-2H3. The zero-order valence-corrected chi connectivity index (χ0v) is 33.9. The van der Waals surface area contributed by atoms with Gasteiger partial charge in [-0.3, -0.25) is 0 Å². The van der Waals surface area contributed by atoms with Crippen LogP contribution >= 0.6 is 11.3 Å². The zero-order valence-electron chi connectivity index (χ0n) is 33.1. The van der Waals surface area contributed by atoms with Crippen LogP contribution in [0.4, 0.5) is 0 Å². The second-order valence-electron chi connectivity index (χ2n) is 17.6. The van der Waals surface area contributed by atoms with Crippen molar-refractivity contribution in [2.45, 2.75) is 56.8 Å². The molecule has 3 aliphatic carbocycles. The van der Waals surface area contributed by atoms with Crippen molar-refractivity contribution >= 4 is 53.6 Å². The van der Waals surface area contributed by atoms with Crippen LogP contribution in [-0.2, 0) is 10.8 Å². The molecule has 1 fully saturated rings. The summed E-state index contributed by atoms with van der Waals surface area (Å²) in [7, 11) is 0. The van der Waals surface area contributed by atoms with Crippen LogP contribution < -0.4 is 0 Å². The molecule has 3 aromatic heterocycles. The highest BCUT2D eigenvalue weighted by Crippen LogP contribution is 2.60. The third-order valence-electron chi connectivity index (χ3n) is 14.1. The van der Waals surface area contributed by atoms with Crippen LogP contribution in [0.15, 0.2) is 150 Å². The van der Waals surface area contributed by atoms with Gasteiger partial charge in [-0.15, -0.1) is 11.3 Å². The number of para-hydroxylation sites is 1. The van der Waals surface area contributed by atoms with Gasteiger partial charge in [-0.2, -0.15) is 4.98 Å². The second-order valence-corrected chi connectivity index (χ2v) is 18.6. The van der Waals surface area contributed by atoms with Crippen LogP contribution in [0.3, 0.4) is 0 Å². The molecule has 1 spiro atoms. The summed E-state index contributed by atoms with van der Waals surface area (Å²) < 4.78 is 8.85. The molecule has 0 bridgehead atoms. The quantitative estimate of drug-likeness (QED) is 0.179. The fourth-order valence-electron chi connectivity index (χ4n) is 11.3. The fraction of sp³-hybridized carbons (Fsp3) is 0.164. The van der Waals surface area contributed by atoms with Gasteiger partial charge in [-0.1, -0.05) is 136 Å². The van der Waals surface area contributed by atoms with E-state index in [-0.39, 0.29) is 10.8 Å². The molecular formula is C55H40N2OS. The molecule has 3 nitrogen and oxygen atoms in total. The maximum absolute atomic E-state index is 6.40. The lowest BCUT2D eigenvalue weighted by Crippen LogP contribution is -2.28. The monoisotopic (exact) mass is 776 g/mol. The number of aromatic nitrogens is 2. The Hall–Kier alpha value is -6.36. The average molecular weight is 777 g/mol. The molecule has 0 amide bonds. The first-order valence-corrected chi connectivity index (χ1v) is 21.9. The zero-order chi connectivity index (χ0) is 39.0. The summed E-state index contributed by atoms with van der Waals surface area (Å²) in [4.78, 5) is 10.4. The highest BCUT2D eigenvalue weighted by atomic mass is 32.1. The molecule has 1 saturated carbocycles. The summed E-state index contributed by atoms with van der Waals surface area (Å²) in [5.74, 6) is 0.680. The Bertz CT molecular complexity index is 3400. The van der Waals surface area contributed by atoms with Crippen LogP contribution in [0, 0.1) is 0 Å². The molecule has 0 saturated heterocycles. The van der Waals surface area contributed by atoms with E-state index in [0.29, 0.717) is 11.5 Å². The Labute approximate surface area is 347 Å². The largest absolute Gasteiger partial charge is 0.438 e. The van der Waals surface area contributed by atoms with Gasteiger partial charge in [0.1, 0.15) is 5.58 Å². The van der Waals surface area contributed by atoms with E-state index < -0.39 is 0 Å². The molecule has 59 heavy (non-hydrogen) atoms. The maximum Gasteiger partial charge on any atom is 0.231 e. The molecule has 0 atom stereocenters. The van der Waals surface area contributed by atoms with E-state index in [1.54, 1.807) is 5.56 Å². The number of hydrogen-bond donors (Lipinski definition) is 0. The van der Waals surface area contributed by atoms with Crippen LogP contribution in [0.2, 0.25) is 0 Å². The summed E-state index contributed by atoms with van der Waals surface area (Å²) in [6.07, 6.45) is 6.36. The predicted molar refractivity (Wildman–Crippen MR) is 245 cm³/mol. The Morgan fingerprint density at radius 1 is 0.508 bits per heavy atom. The minimum absolute atomic E-state index is 0.0308. The van der Waals surface area contributed by atoms with Gasteiger partial charge in [-0.25, -0.2) is 4.98 Å². The van der Waals surface area contributed by atoms with Crippen molar-refractivity contribution in [1.29, 1.82) is 0 Å². The first kappa shape index (κ1) is 33.6. The summed E-state index contributed by atoms with van der Waals surface area (Å²) in [5, 5.41) is 4.47. The number of rotatable bonds is 3. The molecule has 282 valence electrons. The number of nitrogens with zero attached hydrogens (tertiary/aromatic N) is 2. The SMILES string of the molecule is CC1(C)c2ccccc2-c2cc3c(cc21)-c1cc(-c2ccc4sc5c(-c6nc(-c7ccccc7)c7c(n6)oc6ccccc67)cccc5c4c2)ccc1C31CCCCC1. The number of furan rings is 1. The van der Waals surface area contributed by atoms with E-state index in [1.165, 1.54) is 102 Å². The molecule has 3 heterocycles. The van der Waals surface area contributed by atoms with Crippen molar-refractivity contribution in [1.82, 2.24) is 9.97 Å². The average Bonchev–Trinajstić information content (AvgIpc) is 3.99. The molecule has 0 radical (unpaired) electrons. The van der Waals surface area contributed by atoms with Gasteiger partial charge in [0.2, 0.25) is 5.71 Å². The van der Waals surface area contributed by atoms with E-state index >= 15 is 0 Å². The lowest BCUT2D eigenvalue weighted by molar-refractivity contribution is 0.353. The van der Waals surface area contributed by atoms with E-state index in [9.17, 15) is 0 Å². The van der Waals surface area contributed by atoms with Crippen LogP contribution in [0.25, 0.3) is 98.3 Å². The van der Waals surface area contributed by atoms with Gasteiger partial charge < -0.3 is 4.42 Å². The van der Waals surface area contributed by atoms with Crippen LogP contribution in [0.5, 0.6) is 0 Å². The van der Waals surface area contributed by atoms with E-state index in [4.69, 9.17) is 14.4 Å². The van der Waals surface area contributed by atoms with Crippen molar-refractivity contribution < 1.29 is 4.42 Å². The summed E-state index contributed by atoms with van der Waals surface area (Å²) >= 11 is 1.82. The first-order chi connectivity index (χ1) is 29.0. The van der Waals surface area contributed by atoms with Crippen molar-refractivity contribution in [2.75, 3.05) is 0 Å². The highest BCUT2D eigenvalue weighted by molar-refractivity contribution is 7.26. The van der Waals surface area contributed by atoms with Gasteiger partial charge in [-0.05, 0) is 111 Å². The van der Waals surface area contributed by atoms with E-state index in [2.05, 4.69) is 135 Å². The topological polar surface area (TPSA) is 38.9 Å². The van der Waals surface area contributed by atoms with Crippen LogP contribution in [-0.4, -0.2) is 9.97 Å². The van der Waals surface area contributed by atoms with Gasteiger partial charge >= 0.3 is 0 Å². The lowest BCUT2D eigenvalue weighted by atomic mass is 9.67. The number of thiophene rings is 1. The minimum atomic E-state index is -0.0308. The molecule has 10 aromatic rings. The Balaban J connectivity index is 0.958. The first-order valence-electron chi connectivity index (χ1n) is 21.1. The molecule has 0 unspecified atom stereocenters. The van der Waals surface area contributed by atoms with Crippen molar-refractivity contribution in [2.24, 2.45) is 0 Å². The Morgan fingerprint density at radius 3 is 2.12 bits per heavy atom. The van der Waals surface area contributed by atoms with Crippen molar-refractivity contribution in [3.63, 3.8) is 0 Å². The van der Waals surface area contributed by atoms with Gasteiger partial charge in [0.25, 0.3) is 0 Å². The molecule has 7 aromatic carbocycles. The molecule has 4 heteroatoms. The van der Waals surface area contributed by atoms with Crippen molar-refractivity contribution in [3.05, 3.63) is 168 Å². The normalized spacial score (nSPS) is 15.9. The van der Waals surface area contributed by atoms with Gasteiger partial charge in [0.05, 0.1) is 11.1 Å². The van der Waals surface area contributed by atoms with E-state index in [1.807, 2.05) is 35.6 Å². The number of benzene rings is 7. The molecular weight excluding hydrogens is 737 g/mol. The molecule has 0 aliphatic heterocycles. The Morgan fingerprint density at radius 2 is 1.22 bits per heavy atom. The summed E-state index contributed by atoms with van der Waals surface area (Å²) in [5.41, 5.74) is 18.7. The smallest absolute Gasteiger partial charge is 0.231 e. The minimum Gasteiger partial charge on any atom is -0.438 e. The van der Waals surface area contributed by atoms with Crippen LogP contribution in [0.1, 0.15) is 68.2 Å². The third kappa shape index (κ3) is 4.64.